The molecule has 1 unspecified atom stereocenters. The third kappa shape index (κ3) is 6.15. The second kappa shape index (κ2) is 11.7. The zero-order chi connectivity index (χ0) is 32.0. The number of rotatable bonds is 7. The number of halogens is 5. The molecular weight excluding hydrogens is 642 g/mol. The summed E-state index contributed by atoms with van der Waals surface area (Å²) in [4.78, 5) is 41.9. The second-order valence-corrected chi connectivity index (χ2v) is 13.8. The molecule has 1 atom stereocenters. The zero-order valence-corrected chi connectivity index (χ0v) is 25.6. The molecule has 3 amide bonds. The molecule has 8 nitrogen and oxygen atoms in total. The van der Waals surface area contributed by atoms with Crippen molar-refractivity contribution in [3.8, 4) is 0 Å². The molecule has 1 fully saturated rings. The van der Waals surface area contributed by atoms with Crippen LogP contribution in [0.15, 0.2) is 71.6 Å². The minimum Gasteiger partial charge on any atom is -0.341 e. The number of imide groups is 1. The SMILES string of the molecule is CC1(CN2C(=O)c3ccccc3C2=O)CCCN(C(=O)CN(c2cc(C(F)(F)F)ccc2Cl)S(=O)(=O)c2ccc(Cl)cc2)C1. The molecule has 14 heteroatoms. The Bertz CT molecular complexity index is 1720. The fourth-order valence-electron chi connectivity index (χ4n) is 5.56. The third-order valence-electron chi connectivity index (χ3n) is 7.77. The highest BCUT2D eigenvalue weighted by Gasteiger charge is 2.43. The Morgan fingerprint density at radius 3 is 2.18 bits per heavy atom. The lowest BCUT2D eigenvalue weighted by Gasteiger charge is -2.42. The molecule has 3 aromatic rings. The van der Waals surface area contributed by atoms with Gasteiger partial charge in [0.25, 0.3) is 21.8 Å². The first-order valence-electron chi connectivity index (χ1n) is 13.5. The molecule has 1 saturated heterocycles. The number of alkyl halides is 3. The first-order chi connectivity index (χ1) is 20.6. The largest absolute Gasteiger partial charge is 0.416 e. The van der Waals surface area contributed by atoms with Gasteiger partial charge in [-0.1, -0.05) is 42.3 Å². The van der Waals surface area contributed by atoms with Gasteiger partial charge in [-0.3, -0.25) is 23.6 Å². The molecule has 0 aliphatic carbocycles. The minimum absolute atomic E-state index is 0.0232. The van der Waals surface area contributed by atoms with Crippen molar-refractivity contribution in [2.75, 3.05) is 30.5 Å². The number of nitrogens with zero attached hydrogens (tertiary/aromatic N) is 3. The molecule has 2 heterocycles. The van der Waals surface area contributed by atoms with Crippen LogP contribution in [0.2, 0.25) is 10.0 Å². The van der Waals surface area contributed by atoms with Gasteiger partial charge in [-0.2, -0.15) is 13.2 Å². The van der Waals surface area contributed by atoms with Crippen molar-refractivity contribution >= 4 is 56.6 Å². The van der Waals surface area contributed by atoms with Crippen molar-refractivity contribution in [2.45, 2.75) is 30.8 Å². The van der Waals surface area contributed by atoms with E-state index in [0.29, 0.717) is 34.3 Å². The van der Waals surface area contributed by atoms with Gasteiger partial charge < -0.3 is 4.90 Å². The first kappa shape index (κ1) is 31.8. The fourth-order valence-corrected chi connectivity index (χ4v) is 7.38. The van der Waals surface area contributed by atoms with E-state index in [4.69, 9.17) is 23.2 Å². The van der Waals surface area contributed by atoms with Crippen molar-refractivity contribution < 1.29 is 36.0 Å². The van der Waals surface area contributed by atoms with E-state index in [1.807, 2.05) is 6.92 Å². The van der Waals surface area contributed by atoms with Gasteiger partial charge in [-0.05, 0) is 67.4 Å². The van der Waals surface area contributed by atoms with E-state index in [1.165, 1.54) is 29.2 Å². The summed E-state index contributed by atoms with van der Waals surface area (Å²) < 4.78 is 69.0. The smallest absolute Gasteiger partial charge is 0.341 e. The fraction of sp³-hybridized carbons (Fsp3) is 0.300. The van der Waals surface area contributed by atoms with Crippen LogP contribution in [0.25, 0.3) is 0 Å². The molecule has 3 aromatic carbocycles. The molecule has 0 saturated carbocycles. The van der Waals surface area contributed by atoms with E-state index in [9.17, 15) is 36.0 Å². The number of carbonyl (C=O) groups is 3. The van der Waals surface area contributed by atoms with Crippen LogP contribution in [0.5, 0.6) is 0 Å². The van der Waals surface area contributed by atoms with Crippen LogP contribution in [0.4, 0.5) is 18.9 Å². The Balaban J connectivity index is 1.43. The Morgan fingerprint density at radius 2 is 1.59 bits per heavy atom. The number of piperidine rings is 1. The highest BCUT2D eigenvalue weighted by Crippen LogP contribution is 2.38. The summed E-state index contributed by atoms with van der Waals surface area (Å²) in [5, 5.41) is -0.0770. The Morgan fingerprint density at radius 1 is 0.977 bits per heavy atom. The molecule has 0 aromatic heterocycles. The molecule has 44 heavy (non-hydrogen) atoms. The van der Waals surface area contributed by atoms with Gasteiger partial charge in [0.2, 0.25) is 5.91 Å². The van der Waals surface area contributed by atoms with E-state index in [0.717, 1.165) is 17.0 Å². The first-order valence-corrected chi connectivity index (χ1v) is 15.7. The molecule has 2 aliphatic heterocycles. The third-order valence-corrected chi connectivity index (χ3v) is 10.1. The predicted molar refractivity (Wildman–Crippen MR) is 158 cm³/mol. The normalized spacial score (nSPS) is 18.9. The summed E-state index contributed by atoms with van der Waals surface area (Å²) in [5.41, 5.74) is -1.80. The molecule has 0 radical (unpaired) electrons. The minimum atomic E-state index is -4.81. The Hall–Kier alpha value is -3.61. The summed E-state index contributed by atoms with van der Waals surface area (Å²) >= 11 is 12.2. The monoisotopic (exact) mass is 667 g/mol. The van der Waals surface area contributed by atoms with Crippen LogP contribution in [-0.4, -0.2) is 62.1 Å². The van der Waals surface area contributed by atoms with Crippen molar-refractivity contribution in [1.82, 2.24) is 9.80 Å². The number of anilines is 1. The van der Waals surface area contributed by atoms with Crippen molar-refractivity contribution in [2.24, 2.45) is 5.41 Å². The number of sulfonamides is 1. The van der Waals surface area contributed by atoms with Crippen LogP contribution < -0.4 is 4.31 Å². The lowest BCUT2D eigenvalue weighted by Crippen LogP contribution is -2.53. The summed E-state index contributed by atoms with van der Waals surface area (Å²) in [6, 6.07) is 13.7. The quantitative estimate of drug-likeness (QED) is 0.283. The van der Waals surface area contributed by atoms with E-state index in [1.54, 1.807) is 24.3 Å². The van der Waals surface area contributed by atoms with E-state index in [2.05, 4.69) is 0 Å². The van der Waals surface area contributed by atoms with Gasteiger partial charge >= 0.3 is 6.18 Å². The molecule has 5 rings (SSSR count). The van der Waals surface area contributed by atoms with Crippen LogP contribution in [0.1, 0.15) is 46.0 Å². The van der Waals surface area contributed by atoms with Gasteiger partial charge in [0.15, 0.2) is 0 Å². The number of fused-ring (bicyclic) bond motifs is 1. The number of carbonyl (C=O) groups excluding carboxylic acids is 3. The van der Waals surface area contributed by atoms with Crippen LogP contribution >= 0.6 is 23.2 Å². The van der Waals surface area contributed by atoms with Crippen LogP contribution in [0, 0.1) is 5.41 Å². The number of hydrogen-bond acceptors (Lipinski definition) is 5. The highest BCUT2D eigenvalue weighted by atomic mass is 35.5. The maximum absolute atomic E-state index is 13.8. The lowest BCUT2D eigenvalue weighted by molar-refractivity contribution is -0.137. The predicted octanol–water partition coefficient (Wildman–Crippen LogP) is 6.13. The van der Waals surface area contributed by atoms with Crippen molar-refractivity contribution in [3.05, 3.63) is 93.5 Å². The Kier molecular flexibility index (Phi) is 8.47. The summed E-state index contributed by atoms with van der Waals surface area (Å²) in [6.07, 6.45) is -3.76. The summed E-state index contributed by atoms with van der Waals surface area (Å²) in [6.45, 7) is 1.30. The number of likely N-dealkylation sites (tertiary alicyclic amines) is 1. The highest BCUT2D eigenvalue weighted by molar-refractivity contribution is 7.92. The summed E-state index contributed by atoms with van der Waals surface area (Å²) in [5.74, 6) is -1.56. The van der Waals surface area contributed by atoms with Crippen molar-refractivity contribution in [3.63, 3.8) is 0 Å². The molecule has 0 spiro atoms. The average Bonchev–Trinajstić information content (AvgIpc) is 3.20. The maximum Gasteiger partial charge on any atom is 0.416 e. The molecular formula is C30H26Cl2F3N3O5S. The average molecular weight is 669 g/mol. The summed E-state index contributed by atoms with van der Waals surface area (Å²) in [7, 11) is -4.60. The lowest BCUT2D eigenvalue weighted by atomic mass is 9.81. The number of amides is 3. The molecule has 0 bridgehead atoms. The van der Waals surface area contributed by atoms with Gasteiger partial charge in [0, 0.05) is 30.1 Å². The van der Waals surface area contributed by atoms with E-state index in [-0.39, 0.29) is 34.6 Å². The second-order valence-electron chi connectivity index (χ2n) is 11.1. The van der Waals surface area contributed by atoms with Crippen LogP contribution in [0.3, 0.4) is 0 Å². The van der Waals surface area contributed by atoms with Crippen LogP contribution in [-0.2, 0) is 21.0 Å². The Labute approximate surface area is 262 Å². The van der Waals surface area contributed by atoms with Gasteiger partial charge in [0.1, 0.15) is 6.54 Å². The molecule has 2 aliphatic rings. The number of hydrogen-bond donors (Lipinski definition) is 0. The van der Waals surface area contributed by atoms with Crippen molar-refractivity contribution in [1.29, 1.82) is 0 Å². The molecule has 0 N–H and O–H groups in total. The van der Waals surface area contributed by atoms with E-state index >= 15 is 0 Å². The standard InChI is InChI=1S/C30H26Cl2F3N3O5S/c1-29(18-37-27(40)22-5-2-3-6-23(22)28(37)41)13-4-14-36(17-29)26(39)16-38(44(42,43)21-10-8-20(31)9-11-21)25-15-19(30(33,34)35)7-12-24(25)32/h2-3,5-12,15H,4,13-14,16-18H2,1H3. The number of benzene rings is 3. The van der Waals surface area contributed by atoms with Gasteiger partial charge in [0.05, 0.1) is 32.3 Å². The maximum atomic E-state index is 13.8. The van der Waals surface area contributed by atoms with E-state index < -0.39 is 57.1 Å². The van der Waals surface area contributed by atoms with Gasteiger partial charge in [-0.15, -0.1) is 0 Å². The molecule has 232 valence electrons. The topological polar surface area (TPSA) is 95.1 Å². The zero-order valence-electron chi connectivity index (χ0n) is 23.3. The van der Waals surface area contributed by atoms with Gasteiger partial charge in [-0.25, -0.2) is 8.42 Å².